The van der Waals surface area contributed by atoms with Crippen LogP contribution in [0.4, 0.5) is 0 Å². The lowest BCUT2D eigenvalue weighted by Crippen LogP contribution is -2.50. The van der Waals surface area contributed by atoms with Gasteiger partial charge in [-0.05, 0) is 46.1 Å². The van der Waals surface area contributed by atoms with E-state index in [0.29, 0.717) is 6.04 Å². The van der Waals surface area contributed by atoms with E-state index in [1.165, 1.54) is 30.6 Å². The lowest BCUT2D eigenvalue weighted by atomic mass is 9.86. The molecule has 0 radical (unpaired) electrons. The van der Waals surface area contributed by atoms with Gasteiger partial charge in [-0.15, -0.1) is 11.3 Å². The van der Waals surface area contributed by atoms with Gasteiger partial charge >= 0.3 is 0 Å². The summed E-state index contributed by atoms with van der Waals surface area (Å²) in [7, 11) is 6.46. The number of nitrogens with one attached hydrogen (secondary N) is 1. The zero-order chi connectivity index (χ0) is 12.5. The highest BCUT2D eigenvalue weighted by atomic mass is 35.5. The normalized spacial score (nSPS) is 21.0. The quantitative estimate of drug-likeness (QED) is 0.902. The number of rotatable bonds is 4. The maximum absolute atomic E-state index is 6.07. The predicted octanol–water partition coefficient (Wildman–Crippen LogP) is 3.54. The third-order valence-corrected chi connectivity index (χ3v) is 5.36. The number of thiophene rings is 1. The molecule has 2 nitrogen and oxygen atoms in total. The van der Waals surface area contributed by atoms with Crippen LogP contribution in [0.25, 0.3) is 0 Å². The van der Waals surface area contributed by atoms with Gasteiger partial charge in [0, 0.05) is 10.4 Å². The van der Waals surface area contributed by atoms with Crippen LogP contribution in [0, 0.1) is 0 Å². The molecule has 4 heteroatoms. The number of halogens is 1. The maximum atomic E-state index is 6.07. The zero-order valence-corrected chi connectivity index (χ0v) is 12.4. The van der Waals surface area contributed by atoms with E-state index >= 15 is 0 Å². The van der Waals surface area contributed by atoms with Crippen LogP contribution in [0.15, 0.2) is 12.1 Å². The van der Waals surface area contributed by atoms with Crippen molar-refractivity contribution >= 4 is 22.9 Å². The maximum Gasteiger partial charge on any atom is 0.0931 e. The molecule has 0 aromatic carbocycles. The average molecular weight is 273 g/mol. The third-order valence-electron chi connectivity index (χ3n) is 4.06. The van der Waals surface area contributed by atoms with Crippen molar-refractivity contribution in [3.8, 4) is 0 Å². The summed E-state index contributed by atoms with van der Waals surface area (Å²) in [4.78, 5) is 3.75. The van der Waals surface area contributed by atoms with E-state index in [-0.39, 0.29) is 5.54 Å². The first-order chi connectivity index (χ1) is 8.10. The fourth-order valence-corrected chi connectivity index (χ4v) is 4.42. The summed E-state index contributed by atoms with van der Waals surface area (Å²) in [5.74, 6) is 0. The second kappa shape index (κ2) is 5.27. The number of nitrogens with zero attached hydrogens (tertiary/aromatic N) is 1. The number of hydrogen-bond donors (Lipinski definition) is 1. The molecule has 2 rings (SSSR count). The van der Waals surface area contributed by atoms with Gasteiger partial charge in [0.1, 0.15) is 0 Å². The van der Waals surface area contributed by atoms with Crippen molar-refractivity contribution in [3.63, 3.8) is 0 Å². The van der Waals surface area contributed by atoms with Crippen molar-refractivity contribution < 1.29 is 0 Å². The van der Waals surface area contributed by atoms with E-state index in [0.717, 1.165) is 4.34 Å². The lowest BCUT2D eigenvalue weighted by Gasteiger charge is -2.42. The SMILES string of the molecule is CNC(c1ccc(Cl)s1)C1(N(C)C)CCCC1. The third kappa shape index (κ3) is 2.39. The molecule has 96 valence electrons. The van der Waals surface area contributed by atoms with E-state index < -0.39 is 0 Å². The van der Waals surface area contributed by atoms with Gasteiger partial charge in [0.2, 0.25) is 0 Å². The molecule has 0 bridgehead atoms. The Morgan fingerprint density at radius 3 is 2.41 bits per heavy atom. The summed E-state index contributed by atoms with van der Waals surface area (Å²) in [6, 6.07) is 4.56. The van der Waals surface area contributed by atoms with E-state index in [4.69, 9.17) is 11.6 Å². The fraction of sp³-hybridized carbons (Fsp3) is 0.692. The molecule has 0 aliphatic heterocycles. The lowest BCUT2D eigenvalue weighted by molar-refractivity contribution is 0.110. The highest BCUT2D eigenvalue weighted by Crippen LogP contribution is 2.45. The van der Waals surface area contributed by atoms with Crippen LogP contribution in [-0.2, 0) is 0 Å². The molecule has 1 aromatic heterocycles. The van der Waals surface area contributed by atoms with Crippen molar-refractivity contribution in [1.29, 1.82) is 0 Å². The summed E-state index contributed by atoms with van der Waals surface area (Å²) >= 11 is 7.77. The monoisotopic (exact) mass is 272 g/mol. The largest absolute Gasteiger partial charge is 0.311 e. The Hall–Kier alpha value is -0.0900. The van der Waals surface area contributed by atoms with Gasteiger partial charge in [-0.3, -0.25) is 0 Å². The van der Waals surface area contributed by atoms with Gasteiger partial charge in [0.25, 0.3) is 0 Å². The molecule has 0 saturated heterocycles. The molecule has 1 unspecified atom stereocenters. The predicted molar refractivity (Wildman–Crippen MR) is 76.0 cm³/mol. The van der Waals surface area contributed by atoms with E-state index in [2.05, 4.69) is 37.4 Å². The fourth-order valence-electron chi connectivity index (χ4n) is 3.14. The van der Waals surface area contributed by atoms with Crippen molar-refractivity contribution in [1.82, 2.24) is 10.2 Å². The summed E-state index contributed by atoms with van der Waals surface area (Å²) in [6.07, 6.45) is 5.19. The second-order valence-electron chi connectivity index (χ2n) is 5.07. The summed E-state index contributed by atoms with van der Waals surface area (Å²) in [6.45, 7) is 0. The minimum absolute atomic E-state index is 0.253. The molecule has 1 N–H and O–H groups in total. The molecule has 17 heavy (non-hydrogen) atoms. The molecule has 1 fully saturated rings. The van der Waals surface area contributed by atoms with Crippen LogP contribution in [0.1, 0.15) is 36.6 Å². The standard InChI is InChI=1S/C13H21ClN2S/c1-15-12(10-6-7-11(14)17-10)13(16(2)3)8-4-5-9-13/h6-7,12,15H,4-5,8-9H2,1-3H3. The van der Waals surface area contributed by atoms with Crippen LogP contribution in [0.2, 0.25) is 4.34 Å². The zero-order valence-electron chi connectivity index (χ0n) is 10.8. The molecule has 1 aliphatic rings. The van der Waals surface area contributed by atoms with Crippen molar-refractivity contribution in [2.75, 3.05) is 21.1 Å². The van der Waals surface area contributed by atoms with Gasteiger partial charge in [-0.1, -0.05) is 24.4 Å². The number of hydrogen-bond acceptors (Lipinski definition) is 3. The van der Waals surface area contributed by atoms with Gasteiger partial charge in [0.05, 0.1) is 10.4 Å². The van der Waals surface area contributed by atoms with Gasteiger partial charge in [-0.2, -0.15) is 0 Å². The van der Waals surface area contributed by atoms with Crippen LogP contribution < -0.4 is 5.32 Å². The minimum atomic E-state index is 0.253. The molecular formula is C13H21ClN2S. The Bertz CT molecular complexity index is 369. The highest BCUT2D eigenvalue weighted by molar-refractivity contribution is 7.16. The Labute approximate surface area is 113 Å². The van der Waals surface area contributed by atoms with Gasteiger partial charge in [0.15, 0.2) is 0 Å². The molecule has 1 heterocycles. The van der Waals surface area contributed by atoms with Crippen LogP contribution >= 0.6 is 22.9 Å². The van der Waals surface area contributed by atoms with Gasteiger partial charge < -0.3 is 10.2 Å². The minimum Gasteiger partial charge on any atom is -0.311 e. The van der Waals surface area contributed by atoms with Gasteiger partial charge in [-0.25, -0.2) is 0 Å². The first-order valence-electron chi connectivity index (χ1n) is 6.20. The molecular weight excluding hydrogens is 252 g/mol. The Morgan fingerprint density at radius 1 is 1.35 bits per heavy atom. The highest BCUT2D eigenvalue weighted by Gasteiger charge is 2.43. The molecule has 1 aliphatic carbocycles. The van der Waals surface area contributed by atoms with E-state index in [1.807, 2.05) is 6.07 Å². The van der Waals surface area contributed by atoms with Crippen LogP contribution in [0.5, 0.6) is 0 Å². The van der Waals surface area contributed by atoms with Crippen LogP contribution in [0.3, 0.4) is 0 Å². The second-order valence-corrected chi connectivity index (χ2v) is 6.82. The Kier molecular flexibility index (Phi) is 4.14. The topological polar surface area (TPSA) is 15.3 Å². The molecule has 0 spiro atoms. The smallest absolute Gasteiger partial charge is 0.0931 e. The van der Waals surface area contributed by atoms with Crippen molar-refractivity contribution in [2.45, 2.75) is 37.3 Å². The summed E-state index contributed by atoms with van der Waals surface area (Å²) in [5.41, 5.74) is 0.253. The van der Waals surface area contributed by atoms with E-state index in [9.17, 15) is 0 Å². The van der Waals surface area contributed by atoms with Crippen LogP contribution in [-0.4, -0.2) is 31.6 Å². The average Bonchev–Trinajstić information content (AvgIpc) is 2.90. The first-order valence-corrected chi connectivity index (χ1v) is 7.39. The van der Waals surface area contributed by atoms with Crippen molar-refractivity contribution in [2.24, 2.45) is 0 Å². The first kappa shape index (κ1) is 13.3. The van der Waals surface area contributed by atoms with Crippen molar-refractivity contribution in [3.05, 3.63) is 21.3 Å². The molecule has 1 atom stereocenters. The summed E-state index contributed by atoms with van der Waals surface area (Å²) in [5, 5.41) is 3.51. The Balaban J connectivity index is 2.33. The Morgan fingerprint density at radius 2 is 2.00 bits per heavy atom. The summed E-state index contributed by atoms with van der Waals surface area (Å²) < 4.78 is 0.882. The number of likely N-dealkylation sites (N-methyl/N-ethyl adjacent to an activating group) is 2. The molecule has 1 saturated carbocycles. The molecule has 1 aromatic rings. The van der Waals surface area contributed by atoms with E-state index in [1.54, 1.807) is 11.3 Å². The molecule has 0 amide bonds.